The first-order valence-electron chi connectivity index (χ1n) is 7.18. The molecule has 1 aliphatic heterocycles. The van der Waals surface area contributed by atoms with Crippen molar-refractivity contribution in [2.45, 2.75) is 45.5 Å². The predicted octanol–water partition coefficient (Wildman–Crippen LogP) is 2.47. The van der Waals surface area contributed by atoms with Crippen LogP contribution in [0.5, 0.6) is 0 Å². The molecule has 1 aliphatic rings. The van der Waals surface area contributed by atoms with Gasteiger partial charge < -0.3 is 19.7 Å². The van der Waals surface area contributed by atoms with E-state index in [-0.39, 0.29) is 24.9 Å². The number of hydrogen-bond acceptors (Lipinski definition) is 5. The normalized spacial score (nSPS) is 21.0. The van der Waals surface area contributed by atoms with Gasteiger partial charge in [0.2, 0.25) is 0 Å². The Labute approximate surface area is 131 Å². The first kappa shape index (κ1) is 16.7. The van der Waals surface area contributed by atoms with E-state index in [0.29, 0.717) is 6.54 Å². The monoisotopic (exact) mass is 309 g/mol. The minimum atomic E-state index is -0.367. The van der Waals surface area contributed by atoms with Gasteiger partial charge >= 0.3 is 7.12 Å². The zero-order valence-corrected chi connectivity index (χ0v) is 14.2. The summed E-state index contributed by atoms with van der Waals surface area (Å²) < 4.78 is 12.2. The zero-order valence-electron chi connectivity index (χ0n) is 13.4. The quantitative estimate of drug-likeness (QED) is 0.821. The standard InChI is InChI=1S/C15H24BNO3S/c1-14(2)15(3,4)20-16(19-14)12(9-17-5)8-11-6-7-21-13(11)10-18/h6-8,17-18H,9-10H2,1-5H3. The largest absolute Gasteiger partial charge is 0.491 e. The van der Waals surface area contributed by atoms with E-state index < -0.39 is 0 Å². The highest BCUT2D eigenvalue weighted by molar-refractivity contribution is 7.10. The van der Waals surface area contributed by atoms with Crippen LogP contribution in [-0.2, 0) is 15.9 Å². The van der Waals surface area contributed by atoms with Crippen LogP contribution in [0.15, 0.2) is 16.9 Å². The Morgan fingerprint density at radius 3 is 2.48 bits per heavy atom. The van der Waals surface area contributed by atoms with Crippen LogP contribution in [0.1, 0.15) is 38.1 Å². The van der Waals surface area contributed by atoms with E-state index in [4.69, 9.17) is 9.31 Å². The lowest BCUT2D eigenvalue weighted by molar-refractivity contribution is 0.00578. The van der Waals surface area contributed by atoms with Crippen molar-refractivity contribution in [1.82, 2.24) is 5.32 Å². The molecule has 1 aromatic rings. The van der Waals surface area contributed by atoms with Crippen LogP contribution in [0.3, 0.4) is 0 Å². The molecule has 0 bridgehead atoms. The van der Waals surface area contributed by atoms with Gasteiger partial charge in [-0.05, 0) is 57.2 Å². The maximum atomic E-state index is 9.38. The fourth-order valence-corrected chi connectivity index (χ4v) is 2.92. The smallest absolute Gasteiger partial charge is 0.400 e. The molecule has 0 amide bonds. The highest BCUT2D eigenvalue weighted by Gasteiger charge is 2.52. The molecule has 0 spiro atoms. The lowest BCUT2D eigenvalue weighted by Crippen LogP contribution is -2.41. The molecule has 6 heteroatoms. The van der Waals surface area contributed by atoms with E-state index in [1.54, 1.807) is 11.3 Å². The van der Waals surface area contributed by atoms with Crippen LogP contribution in [0.4, 0.5) is 0 Å². The summed E-state index contributed by atoms with van der Waals surface area (Å²) in [6, 6.07) is 2.01. The van der Waals surface area contributed by atoms with Crippen LogP contribution in [-0.4, -0.2) is 37.0 Å². The second kappa shape index (κ2) is 6.22. The summed E-state index contributed by atoms with van der Waals surface area (Å²) in [7, 11) is 1.54. The van der Waals surface area contributed by atoms with Crippen LogP contribution < -0.4 is 5.32 Å². The van der Waals surface area contributed by atoms with Crippen LogP contribution in [0, 0.1) is 0 Å². The first-order valence-corrected chi connectivity index (χ1v) is 8.06. The van der Waals surface area contributed by atoms with E-state index >= 15 is 0 Å². The van der Waals surface area contributed by atoms with Crippen molar-refractivity contribution in [3.8, 4) is 0 Å². The van der Waals surface area contributed by atoms with Gasteiger partial charge in [0.25, 0.3) is 0 Å². The van der Waals surface area contributed by atoms with Gasteiger partial charge in [0.15, 0.2) is 0 Å². The molecule has 1 saturated heterocycles. The minimum absolute atomic E-state index is 0.0553. The van der Waals surface area contributed by atoms with E-state index in [9.17, 15) is 5.11 Å². The van der Waals surface area contributed by atoms with Crippen molar-refractivity contribution in [2.75, 3.05) is 13.6 Å². The fourth-order valence-electron chi connectivity index (χ4n) is 2.21. The number of aliphatic hydroxyl groups excluding tert-OH is 1. The average Bonchev–Trinajstić information content (AvgIpc) is 2.91. The van der Waals surface area contributed by atoms with Crippen molar-refractivity contribution in [3.63, 3.8) is 0 Å². The summed E-state index contributed by atoms with van der Waals surface area (Å²) in [5.41, 5.74) is 1.37. The van der Waals surface area contributed by atoms with Gasteiger partial charge in [0, 0.05) is 11.4 Å². The zero-order chi connectivity index (χ0) is 15.7. The molecular weight excluding hydrogens is 285 g/mol. The highest BCUT2D eigenvalue weighted by Crippen LogP contribution is 2.38. The van der Waals surface area contributed by atoms with Gasteiger partial charge in [-0.15, -0.1) is 11.3 Å². The Balaban J connectivity index is 2.29. The summed E-state index contributed by atoms with van der Waals surface area (Å²) in [5, 5.41) is 14.5. The van der Waals surface area contributed by atoms with Crippen molar-refractivity contribution < 1.29 is 14.4 Å². The second-order valence-corrected chi connectivity index (χ2v) is 7.30. The lowest BCUT2D eigenvalue weighted by atomic mass is 9.77. The number of rotatable bonds is 5. The summed E-state index contributed by atoms with van der Waals surface area (Å²) >= 11 is 1.56. The summed E-state index contributed by atoms with van der Waals surface area (Å²) in [6.45, 7) is 8.93. The molecule has 1 fully saturated rings. The van der Waals surface area contributed by atoms with Gasteiger partial charge in [-0.25, -0.2) is 0 Å². The third kappa shape index (κ3) is 3.40. The molecule has 2 N–H and O–H groups in total. The van der Waals surface area contributed by atoms with Crippen LogP contribution in [0.25, 0.3) is 6.08 Å². The molecule has 0 unspecified atom stereocenters. The number of hydrogen-bond donors (Lipinski definition) is 2. The molecule has 0 radical (unpaired) electrons. The Bertz CT molecular complexity index is 509. The third-order valence-corrected chi connectivity index (χ3v) is 5.12. The minimum Gasteiger partial charge on any atom is -0.400 e. The molecule has 2 heterocycles. The third-order valence-electron chi connectivity index (χ3n) is 4.20. The van der Waals surface area contributed by atoms with E-state index in [0.717, 1.165) is 15.9 Å². The maximum Gasteiger partial charge on any atom is 0.491 e. The number of likely N-dealkylation sites (N-methyl/N-ethyl adjacent to an activating group) is 1. The molecule has 0 aliphatic carbocycles. The number of thiophene rings is 1. The first-order chi connectivity index (χ1) is 9.80. The second-order valence-electron chi connectivity index (χ2n) is 6.30. The van der Waals surface area contributed by atoms with Gasteiger partial charge in [-0.3, -0.25) is 0 Å². The summed E-state index contributed by atoms with van der Waals surface area (Å²) in [6.07, 6.45) is 2.06. The molecule has 0 atom stereocenters. The summed E-state index contributed by atoms with van der Waals surface area (Å²) in [4.78, 5) is 0.958. The molecule has 1 aromatic heterocycles. The lowest BCUT2D eigenvalue weighted by Gasteiger charge is -2.32. The van der Waals surface area contributed by atoms with E-state index in [2.05, 4.69) is 11.4 Å². The van der Waals surface area contributed by atoms with E-state index in [1.165, 1.54) is 0 Å². The molecule has 116 valence electrons. The molecule has 0 aromatic carbocycles. The Morgan fingerprint density at radius 1 is 1.33 bits per heavy atom. The Hall–Kier alpha value is -0.655. The topological polar surface area (TPSA) is 50.7 Å². The van der Waals surface area contributed by atoms with Gasteiger partial charge in [-0.1, -0.05) is 6.08 Å². The van der Waals surface area contributed by atoms with Crippen molar-refractivity contribution >= 4 is 24.5 Å². The Morgan fingerprint density at radius 2 is 1.95 bits per heavy atom. The van der Waals surface area contributed by atoms with Gasteiger partial charge in [0.1, 0.15) is 0 Å². The van der Waals surface area contributed by atoms with Crippen LogP contribution in [0.2, 0.25) is 0 Å². The molecule has 0 saturated carbocycles. The average molecular weight is 309 g/mol. The molecular formula is C15H24BNO3S. The van der Waals surface area contributed by atoms with Gasteiger partial charge in [0.05, 0.1) is 17.8 Å². The molecule has 21 heavy (non-hydrogen) atoms. The Kier molecular flexibility index (Phi) is 4.95. The SMILES string of the molecule is CNCC(=Cc1ccsc1CO)B1OC(C)(C)C(C)(C)O1. The highest BCUT2D eigenvalue weighted by atomic mass is 32.1. The number of aliphatic hydroxyl groups is 1. The molecule has 2 rings (SSSR count). The summed E-state index contributed by atoms with van der Waals surface area (Å²) in [5.74, 6) is 0. The fraction of sp³-hybridized carbons (Fsp3) is 0.600. The van der Waals surface area contributed by atoms with Gasteiger partial charge in [-0.2, -0.15) is 0 Å². The number of nitrogens with one attached hydrogen (secondary N) is 1. The van der Waals surface area contributed by atoms with Crippen molar-refractivity contribution in [1.29, 1.82) is 0 Å². The van der Waals surface area contributed by atoms with Crippen molar-refractivity contribution in [3.05, 3.63) is 27.4 Å². The van der Waals surface area contributed by atoms with E-state index in [1.807, 2.05) is 46.2 Å². The van der Waals surface area contributed by atoms with Crippen molar-refractivity contribution in [2.24, 2.45) is 0 Å². The maximum absolute atomic E-state index is 9.38. The molecule has 4 nitrogen and oxygen atoms in total. The van der Waals surface area contributed by atoms with Crippen LogP contribution >= 0.6 is 11.3 Å². The predicted molar refractivity (Wildman–Crippen MR) is 88.2 cm³/mol.